The molecule has 0 atom stereocenters. The molecule has 0 unspecified atom stereocenters. The van der Waals surface area contributed by atoms with Crippen molar-refractivity contribution in [1.29, 1.82) is 5.26 Å². The van der Waals surface area contributed by atoms with E-state index in [4.69, 9.17) is 0 Å². The topological polar surface area (TPSA) is 27.0 Å². The van der Waals surface area contributed by atoms with Gasteiger partial charge in [0.25, 0.3) is 0 Å². The van der Waals surface area contributed by atoms with Crippen molar-refractivity contribution in [1.82, 2.24) is 0 Å². The second-order valence-electron chi connectivity index (χ2n) is 4.29. The van der Waals surface area contributed by atoms with E-state index in [0.29, 0.717) is 0 Å². The van der Waals surface area contributed by atoms with Gasteiger partial charge in [0.1, 0.15) is 0 Å². The van der Waals surface area contributed by atoms with Gasteiger partial charge in [0.05, 0.1) is 5.69 Å². The minimum Gasteiger partial charge on any atom is -0.278 e. The number of hydrogen-bond donors (Lipinski definition) is 0. The van der Waals surface area contributed by atoms with Crippen molar-refractivity contribution >= 4 is 22.0 Å². The summed E-state index contributed by atoms with van der Waals surface area (Å²) in [5.41, 5.74) is 3.25. The highest BCUT2D eigenvalue weighted by Crippen LogP contribution is 2.38. The number of benzene rings is 2. The third-order valence-corrected chi connectivity index (χ3v) is 3.31. The van der Waals surface area contributed by atoms with E-state index in [1.807, 2.05) is 12.1 Å². The van der Waals surface area contributed by atoms with Crippen LogP contribution in [0.1, 0.15) is 12.0 Å². The van der Waals surface area contributed by atoms with Gasteiger partial charge in [-0.3, -0.25) is 4.90 Å². The van der Waals surface area contributed by atoms with Gasteiger partial charge in [-0.2, -0.15) is 5.26 Å². The predicted molar refractivity (Wildman–Crippen MR) is 70.6 cm³/mol. The maximum Gasteiger partial charge on any atom is 0.184 e. The molecule has 0 saturated heterocycles. The Labute approximate surface area is 100 Å². The second kappa shape index (κ2) is 3.64. The van der Waals surface area contributed by atoms with Crippen molar-refractivity contribution < 1.29 is 0 Å². The lowest BCUT2D eigenvalue weighted by molar-refractivity contribution is 0.932. The predicted octanol–water partition coefficient (Wildman–Crippen LogP) is 3.54. The molecule has 2 nitrogen and oxygen atoms in total. The molecule has 1 aliphatic heterocycles. The third kappa shape index (κ3) is 1.40. The SMILES string of the molecule is C=C1CCN(C#N)c2c1ccc1ccccc21. The van der Waals surface area contributed by atoms with Crippen LogP contribution in [-0.2, 0) is 0 Å². The van der Waals surface area contributed by atoms with E-state index < -0.39 is 0 Å². The molecule has 2 aromatic rings. The molecule has 0 amide bonds. The fourth-order valence-electron chi connectivity index (χ4n) is 2.42. The van der Waals surface area contributed by atoms with Gasteiger partial charge in [0, 0.05) is 17.5 Å². The number of fused-ring (bicyclic) bond motifs is 3. The monoisotopic (exact) mass is 220 g/mol. The molecule has 1 aliphatic rings. The summed E-state index contributed by atoms with van der Waals surface area (Å²) in [6, 6.07) is 12.3. The minimum atomic E-state index is 0.732. The van der Waals surface area contributed by atoms with Crippen molar-refractivity contribution in [3.8, 4) is 6.19 Å². The van der Waals surface area contributed by atoms with Crippen LogP contribution in [0.5, 0.6) is 0 Å². The summed E-state index contributed by atoms with van der Waals surface area (Å²) in [6.07, 6.45) is 3.13. The summed E-state index contributed by atoms with van der Waals surface area (Å²) in [7, 11) is 0. The average Bonchev–Trinajstić information content (AvgIpc) is 2.39. The number of anilines is 1. The smallest absolute Gasteiger partial charge is 0.184 e. The Hall–Kier alpha value is -2.27. The maximum atomic E-state index is 9.23. The van der Waals surface area contributed by atoms with Gasteiger partial charge in [-0.15, -0.1) is 0 Å². The zero-order chi connectivity index (χ0) is 11.8. The van der Waals surface area contributed by atoms with Crippen LogP contribution in [0.2, 0.25) is 0 Å². The quantitative estimate of drug-likeness (QED) is 0.635. The first-order valence-electron chi connectivity index (χ1n) is 5.68. The molecule has 0 aromatic heterocycles. The Kier molecular flexibility index (Phi) is 2.12. The molecule has 17 heavy (non-hydrogen) atoms. The van der Waals surface area contributed by atoms with Crippen molar-refractivity contribution in [3.63, 3.8) is 0 Å². The molecule has 0 saturated carbocycles. The summed E-state index contributed by atoms with van der Waals surface area (Å²) < 4.78 is 0. The molecule has 0 N–H and O–H groups in total. The maximum absolute atomic E-state index is 9.23. The molecule has 0 bridgehead atoms. The largest absolute Gasteiger partial charge is 0.278 e. The molecule has 2 heteroatoms. The summed E-state index contributed by atoms with van der Waals surface area (Å²) in [5.74, 6) is 0. The van der Waals surface area contributed by atoms with E-state index in [1.165, 1.54) is 5.39 Å². The lowest BCUT2D eigenvalue weighted by atomic mass is 9.93. The first kappa shape index (κ1) is 9.92. The van der Waals surface area contributed by atoms with Gasteiger partial charge in [-0.05, 0) is 17.4 Å². The van der Waals surface area contributed by atoms with Gasteiger partial charge in [-0.1, -0.05) is 43.0 Å². The number of nitriles is 1. The van der Waals surface area contributed by atoms with E-state index in [2.05, 4.69) is 37.0 Å². The van der Waals surface area contributed by atoms with Gasteiger partial charge in [-0.25, -0.2) is 0 Å². The standard InChI is InChI=1S/C15H12N2/c1-11-8-9-17(10-16)15-13(11)7-6-12-4-2-3-5-14(12)15/h2-7H,1,8-9H2. The Balaban J connectivity index is 2.40. The van der Waals surface area contributed by atoms with Gasteiger partial charge >= 0.3 is 0 Å². The fraction of sp³-hybridized carbons (Fsp3) is 0.133. The molecule has 1 heterocycles. The van der Waals surface area contributed by atoms with Crippen LogP contribution >= 0.6 is 0 Å². The highest BCUT2D eigenvalue weighted by atomic mass is 15.1. The van der Waals surface area contributed by atoms with Crippen molar-refractivity contribution in [3.05, 3.63) is 48.5 Å². The van der Waals surface area contributed by atoms with E-state index in [1.54, 1.807) is 4.90 Å². The second-order valence-corrected chi connectivity index (χ2v) is 4.29. The minimum absolute atomic E-state index is 0.732. The van der Waals surface area contributed by atoms with Crippen LogP contribution in [0.15, 0.2) is 43.0 Å². The normalized spacial score (nSPS) is 14.5. The highest BCUT2D eigenvalue weighted by molar-refractivity contribution is 6.01. The summed E-state index contributed by atoms with van der Waals surface area (Å²) in [6.45, 7) is 4.83. The van der Waals surface area contributed by atoms with Crippen LogP contribution in [0, 0.1) is 11.5 Å². The third-order valence-electron chi connectivity index (χ3n) is 3.31. The van der Waals surface area contributed by atoms with Gasteiger partial charge in [0.15, 0.2) is 6.19 Å². The fourth-order valence-corrected chi connectivity index (χ4v) is 2.42. The lowest BCUT2D eigenvalue weighted by Crippen LogP contribution is -2.23. The van der Waals surface area contributed by atoms with Crippen molar-refractivity contribution in [2.24, 2.45) is 0 Å². The van der Waals surface area contributed by atoms with Crippen LogP contribution in [0.3, 0.4) is 0 Å². The average molecular weight is 220 g/mol. The molecule has 0 fully saturated rings. The van der Waals surface area contributed by atoms with Crippen LogP contribution in [0.25, 0.3) is 16.3 Å². The summed E-state index contributed by atoms with van der Waals surface area (Å²) in [5, 5.41) is 11.5. The zero-order valence-corrected chi connectivity index (χ0v) is 9.48. The Morgan fingerprint density at radius 1 is 1.18 bits per heavy atom. The Bertz CT molecular complexity index is 650. The van der Waals surface area contributed by atoms with E-state index in [-0.39, 0.29) is 0 Å². The number of nitrogens with zero attached hydrogens (tertiary/aromatic N) is 2. The van der Waals surface area contributed by atoms with E-state index >= 15 is 0 Å². The first-order chi connectivity index (χ1) is 8.31. The van der Waals surface area contributed by atoms with Crippen molar-refractivity contribution in [2.45, 2.75) is 6.42 Å². The highest BCUT2D eigenvalue weighted by Gasteiger charge is 2.21. The van der Waals surface area contributed by atoms with Crippen LogP contribution in [0.4, 0.5) is 5.69 Å². The number of rotatable bonds is 0. The molecule has 82 valence electrons. The molecule has 0 radical (unpaired) electrons. The Morgan fingerprint density at radius 3 is 2.82 bits per heavy atom. The first-order valence-corrected chi connectivity index (χ1v) is 5.68. The molecular formula is C15H12N2. The van der Waals surface area contributed by atoms with Gasteiger partial charge < -0.3 is 0 Å². The zero-order valence-electron chi connectivity index (χ0n) is 9.48. The van der Waals surface area contributed by atoms with Crippen molar-refractivity contribution in [2.75, 3.05) is 11.4 Å². The van der Waals surface area contributed by atoms with Crippen LogP contribution in [-0.4, -0.2) is 6.54 Å². The van der Waals surface area contributed by atoms with Crippen LogP contribution < -0.4 is 4.90 Å². The van der Waals surface area contributed by atoms with E-state index in [9.17, 15) is 5.26 Å². The van der Waals surface area contributed by atoms with E-state index in [0.717, 1.165) is 35.2 Å². The van der Waals surface area contributed by atoms with Gasteiger partial charge in [0.2, 0.25) is 0 Å². The molecule has 3 rings (SSSR count). The lowest BCUT2D eigenvalue weighted by Gasteiger charge is -2.27. The molecule has 0 spiro atoms. The summed E-state index contributed by atoms with van der Waals surface area (Å²) >= 11 is 0. The number of hydrogen-bond acceptors (Lipinski definition) is 2. The molecule has 2 aromatic carbocycles. The summed E-state index contributed by atoms with van der Waals surface area (Å²) in [4.78, 5) is 1.77. The molecular weight excluding hydrogens is 208 g/mol. The molecule has 0 aliphatic carbocycles. The Morgan fingerprint density at radius 2 is 2.00 bits per heavy atom.